The Labute approximate surface area is 190 Å². The molecule has 2 aromatic rings. The maximum absolute atomic E-state index is 13.2. The second-order valence-corrected chi connectivity index (χ2v) is 8.53. The fourth-order valence-electron chi connectivity index (χ4n) is 4.03. The van der Waals surface area contributed by atoms with Crippen LogP contribution in [0.3, 0.4) is 0 Å². The van der Waals surface area contributed by atoms with E-state index in [-0.39, 0.29) is 17.5 Å². The first-order valence-corrected chi connectivity index (χ1v) is 11.1. The summed E-state index contributed by atoms with van der Waals surface area (Å²) in [7, 11) is 0. The molecule has 1 atom stereocenters. The molecule has 1 aliphatic carbocycles. The molecule has 176 valence electrons. The maximum atomic E-state index is 13.2. The number of carbonyl (C=O) groups excluding carboxylic acids is 2. The third-order valence-electron chi connectivity index (χ3n) is 5.90. The molecule has 2 amide bonds. The van der Waals surface area contributed by atoms with Crippen molar-refractivity contribution in [3.05, 3.63) is 65.7 Å². The van der Waals surface area contributed by atoms with E-state index in [2.05, 4.69) is 15.5 Å². The van der Waals surface area contributed by atoms with Gasteiger partial charge in [-0.15, -0.1) is 0 Å². The lowest BCUT2D eigenvalue weighted by Crippen LogP contribution is -2.52. The summed E-state index contributed by atoms with van der Waals surface area (Å²) in [6.07, 6.45) is -2.40. The molecule has 2 aliphatic rings. The molecule has 1 heterocycles. The number of benzene rings is 2. The van der Waals surface area contributed by atoms with Crippen LogP contribution >= 0.6 is 0 Å². The van der Waals surface area contributed by atoms with Crippen molar-refractivity contribution in [2.45, 2.75) is 31.1 Å². The topological polar surface area (TPSA) is 64.7 Å². The van der Waals surface area contributed by atoms with E-state index in [0.29, 0.717) is 38.8 Å². The number of nitrogens with zero attached hydrogens (tertiary/aromatic N) is 2. The number of alkyl halides is 3. The molecule has 33 heavy (non-hydrogen) atoms. The van der Waals surface area contributed by atoms with Crippen molar-refractivity contribution in [1.82, 2.24) is 15.1 Å². The molecule has 1 unspecified atom stereocenters. The minimum Gasteiger partial charge on any atom is -0.352 e. The lowest BCUT2D eigenvalue weighted by molar-refractivity contribution is -0.137. The minimum absolute atomic E-state index is 0.0212. The Kier molecular flexibility index (Phi) is 6.99. The molecular weight excluding hydrogens is 433 g/mol. The standard InChI is InChI=1S/C24H27F3N4O2/c25-24(26,27)18-7-4-8-20(15-18)29-23(33)22(17-5-2-1-3-6-17)31-13-11-30(12-14-31)16-21(32)28-19-9-10-19/h1-8,15,19,22H,9-14,16H2,(H,28,32)(H,29,33). The van der Waals surface area contributed by atoms with Crippen LogP contribution in [-0.2, 0) is 15.8 Å². The van der Waals surface area contributed by atoms with Gasteiger partial charge >= 0.3 is 6.18 Å². The Morgan fingerprint density at radius 3 is 2.30 bits per heavy atom. The van der Waals surface area contributed by atoms with E-state index in [9.17, 15) is 22.8 Å². The number of hydrogen-bond acceptors (Lipinski definition) is 4. The lowest BCUT2D eigenvalue weighted by Gasteiger charge is -2.38. The number of amides is 2. The summed E-state index contributed by atoms with van der Waals surface area (Å²) >= 11 is 0. The molecular formula is C24H27F3N4O2. The van der Waals surface area contributed by atoms with E-state index in [4.69, 9.17) is 0 Å². The quantitative estimate of drug-likeness (QED) is 0.666. The van der Waals surface area contributed by atoms with Crippen molar-refractivity contribution in [3.63, 3.8) is 0 Å². The number of anilines is 1. The normalized spacial score (nSPS) is 18.5. The monoisotopic (exact) mass is 460 g/mol. The Morgan fingerprint density at radius 1 is 0.970 bits per heavy atom. The molecule has 1 saturated heterocycles. The summed E-state index contributed by atoms with van der Waals surface area (Å²) in [6.45, 7) is 2.70. The number of nitrogens with one attached hydrogen (secondary N) is 2. The zero-order valence-electron chi connectivity index (χ0n) is 18.1. The first-order valence-electron chi connectivity index (χ1n) is 11.1. The first-order chi connectivity index (χ1) is 15.8. The van der Waals surface area contributed by atoms with Crippen LogP contribution in [0.4, 0.5) is 18.9 Å². The molecule has 0 bridgehead atoms. The smallest absolute Gasteiger partial charge is 0.352 e. The molecule has 2 fully saturated rings. The molecule has 6 nitrogen and oxygen atoms in total. The molecule has 1 saturated carbocycles. The average Bonchev–Trinajstić information content (AvgIpc) is 3.59. The van der Waals surface area contributed by atoms with Crippen molar-refractivity contribution in [1.29, 1.82) is 0 Å². The van der Waals surface area contributed by atoms with Crippen LogP contribution in [0.5, 0.6) is 0 Å². The van der Waals surface area contributed by atoms with Gasteiger partial charge in [0.2, 0.25) is 11.8 Å². The number of rotatable bonds is 7. The van der Waals surface area contributed by atoms with Gasteiger partial charge in [0.1, 0.15) is 6.04 Å². The van der Waals surface area contributed by atoms with Crippen LogP contribution in [0.1, 0.15) is 30.0 Å². The second kappa shape index (κ2) is 9.93. The van der Waals surface area contributed by atoms with Crippen LogP contribution in [0.25, 0.3) is 0 Å². The highest BCUT2D eigenvalue weighted by atomic mass is 19.4. The summed E-state index contributed by atoms with van der Waals surface area (Å²) < 4.78 is 39.2. The van der Waals surface area contributed by atoms with Crippen LogP contribution in [0.2, 0.25) is 0 Å². The summed E-state index contributed by atoms with van der Waals surface area (Å²) in [5, 5.41) is 5.65. The highest BCUT2D eigenvalue weighted by Gasteiger charge is 2.33. The summed E-state index contributed by atoms with van der Waals surface area (Å²) in [4.78, 5) is 29.4. The highest BCUT2D eigenvalue weighted by molar-refractivity contribution is 5.95. The maximum Gasteiger partial charge on any atom is 0.416 e. The Hall–Kier alpha value is -2.91. The number of piperazine rings is 1. The van der Waals surface area contributed by atoms with Gasteiger partial charge in [-0.2, -0.15) is 13.2 Å². The van der Waals surface area contributed by atoms with Crippen molar-refractivity contribution in [2.75, 3.05) is 38.0 Å². The van der Waals surface area contributed by atoms with Crippen molar-refractivity contribution in [3.8, 4) is 0 Å². The first kappa shape index (κ1) is 23.3. The SMILES string of the molecule is O=C(CN1CCN(C(C(=O)Nc2cccc(C(F)(F)F)c2)c2ccccc2)CC1)NC1CC1. The van der Waals surface area contributed by atoms with Gasteiger partial charge in [-0.25, -0.2) is 0 Å². The molecule has 2 aromatic carbocycles. The predicted octanol–water partition coefficient (Wildman–Crippen LogP) is 3.28. The van der Waals surface area contributed by atoms with Gasteiger partial charge in [-0.1, -0.05) is 36.4 Å². The van der Waals surface area contributed by atoms with Crippen molar-refractivity contribution in [2.24, 2.45) is 0 Å². The summed E-state index contributed by atoms with van der Waals surface area (Å²) in [5.74, 6) is -0.367. The number of hydrogen-bond donors (Lipinski definition) is 2. The van der Waals surface area contributed by atoms with Crippen molar-refractivity contribution < 1.29 is 22.8 Å². The molecule has 0 radical (unpaired) electrons. The van der Waals surface area contributed by atoms with Gasteiger partial charge in [0.25, 0.3) is 0 Å². The van der Waals surface area contributed by atoms with E-state index < -0.39 is 17.8 Å². The van der Waals surface area contributed by atoms with Crippen LogP contribution in [0, 0.1) is 0 Å². The molecule has 0 aromatic heterocycles. The van der Waals surface area contributed by atoms with Gasteiger partial charge in [0, 0.05) is 37.9 Å². The van der Waals surface area contributed by atoms with E-state index in [0.717, 1.165) is 30.5 Å². The highest BCUT2D eigenvalue weighted by Crippen LogP contribution is 2.31. The molecule has 4 rings (SSSR count). The molecule has 0 spiro atoms. The number of halogens is 3. The molecule has 2 N–H and O–H groups in total. The van der Waals surface area contributed by atoms with Crippen molar-refractivity contribution >= 4 is 17.5 Å². The van der Waals surface area contributed by atoms with Crippen LogP contribution in [0.15, 0.2) is 54.6 Å². The van der Waals surface area contributed by atoms with Gasteiger partial charge in [-0.3, -0.25) is 19.4 Å². The van der Waals surface area contributed by atoms with Crippen LogP contribution < -0.4 is 10.6 Å². The second-order valence-electron chi connectivity index (χ2n) is 8.53. The zero-order valence-corrected chi connectivity index (χ0v) is 18.1. The Morgan fingerprint density at radius 2 is 1.67 bits per heavy atom. The summed E-state index contributed by atoms with van der Waals surface area (Å²) in [5.41, 5.74) is 0.0580. The fourth-order valence-corrected chi connectivity index (χ4v) is 4.03. The van der Waals surface area contributed by atoms with E-state index in [1.54, 1.807) is 0 Å². The van der Waals surface area contributed by atoms with Gasteiger partial charge in [-0.05, 0) is 36.6 Å². The van der Waals surface area contributed by atoms with E-state index in [1.807, 2.05) is 35.2 Å². The average molecular weight is 461 g/mol. The van der Waals surface area contributed by atoms with E-state index in [1.165, 1.54) is 12.1 Å². The summed E-state index contributed by atoms with van der Waals surface area (Å²) in [6, 6.07) is 13.5. The predicted molar refractivity (Wildman–Crippen MR) is 118 cm³/mol. The number of carbonyl (C=O) groups is 2. The lowest BCUT2D eigenvalue weighted by atomic mass is 10.0. The fraction of sp³-hybridized carbons (Fsp3) is 0.417. The molecule has 9 heteroatoms. The molecule has 1 aliphatic heterocycles. The van der Waals surface area contributed by atoms with Crippen LogP contribution in [-0.4, -0.2) is 60.4 Å². The van der Waals surface area contributed by atoms with Gasteiger partial charge in [0.15, 0.2) is 0 Å². The Bertz CT molecular complexity index is 971. The van der Waals surface area contributed by atoms with E-state index >= 15 is 0 Å². The third-order valence-corrected chi connectivity index (χ3v) is 5.90. The van der Waals surface area contributed by atoms with Gasteiger partial charge < -0.3 is 10.6 Å². The zero-order chi connectivity index (χ0) is 23.4. The van der Waals surface area contributed by atoms with Gasteiger partial charge in [0.05, 0.1) is 12.1 Å². The minimum atomic E-state index is -4.48. The Balaban J connectivity index is 1.44. The third kappa shape index (κ3) is 6.33. The largest absolute Gasteiger partial charge is 0.416 e.